The van der Waals surface area contributed by atoms with Crippen molar-refractivity contribution in [1.29, 1.82) is 0 Å². The number of ether oxygens (including phenoxy) is 1. The highest BCUT2D eigenvalue weighted by molar-refractivity contribution is 7.15. The first kappa shape index (κ1) is 12.8. The Bertz CT molecular complexity index is 506. The molecule has 0 radical (unpaired) electrons. The summed E-state index contributed by atoms with van der Waals surface area (Å²) in [6.07, 6.45) is 2.25. The van der Waals surface area contributed by atoms with Crippen molar-refractivity contribution in [3.63, 3.8) is 0 Å². The topological polar surface area (TPSA) is 46.6 Å². The molecule has 0 N–H and O–H groups in total. The third-order valence-electron chi connectivity index (χ3n) is 3.08. The second-order valence-corrected chi connectivity index (χ2v) is 5.15. The zero-order chi connectivity index (χ0) is 13.3. The van der Waals surface area contributed by atoms with E-state index in [1.165, 1.54) is 18.4 Å². The second-order valence-electron chi connectivity index (χ2n) is 4.29. The lowest BCUT2D eigenvalue weighted by Gasteiger charge is -2.15. The number of carbonyl (C=O) groups is 2. The Morgan fingerprint density at radius 1 is 1.67 bits per heavy atom. The Morgan fingerprint density at radius 2 is 2.39 bits per heavy atom. The lowest BCUT2D eigenvalue weighted by molar-refractivity contribution is -0.117. The molecular weight excluding hydrogens is 250 g/mol. The Hall–Kier alpha value is -1.62. The van der Waals surface area contributed by atoms with Crippen LogP contribution >= 0.6 is 11.3 Å². The largest absolute Gasteiger partial charge is 0.465 e. The van der Waals surface area contributed by atoms with Crippen LogP contribution in [-0.2, 0) is 9.53 Å². The normalized spacial score (nSPS) is 19.1. The minimum absolute atomic E-state index is 0.0342. The first-order chi connectivity index (χ1) is 8.58. The highest BCUT2D eigenvalue weighted by Crippen LogP contribution is 2.35. The van der Waals surface area contributed by atoms with Gasteiger partial charge in [-0.1, -0.05) is 6.08 Å². The summed E-state index contributed by atoms with van der Waals surface area (Å²) in [7, 11) is 1.35. The van der Waals surface area contributed by atoms with Crippen LogP contribution in [0.1, 0.15) is 22.3 Å². The van der Waals surface area contributed by atoms with Crippen LogP contribution in [-0.4, -0.2) is 25.5 Å². The van der Waals surface area contributed by atoms with E-state index in [0.717, 1.165) is 5.56 Å². The van der Waals surface area contributed by atoms with E-state index in [9.17, 15) is 9.59 Å². The van der Waals surface area contributed by atoms with E-state index in [-0.39, 0.29) is 11.8 Å². The number of aryl methyl sites for hydroxylation is 1. The molecule has 1 fully saturated rings. The summed E-state index contributed by atoms with van der Waals surface area (Å²) in [5.74, 6) is -0.198. The summed E-state index contributed by atoms with van der Waals surface area (Å²) in [6.45, 7) is 6.15. The first-order valence-corrected chi connectivity index (χ1v) is 6.55. The van der Waals surface area contributed by atoms with E-state index in [0.29, 0.717) is 23.5 Å². The van der Waals surface area contributed by atoms with Crippen molar-refractivity contribution >= 4 is 28.2 Å². The van der Waals surface area contributed by atoms with Gasteiger partial charge in [-0.25, -0.2) is 4.79 Å². The van der Waals surface area contributed by atoms with E-state index >= 15 is 0 Å². The number of anilines is 1. The monoisotopic (exact) mass is 265 g/mol. The van der Waals surface area contributed by atoms with Crippen LogP contribution < -0.4 is 4.90 Å². The van der Waals surface area contributed by atoms with Gasteiger partial charge in [-0.15, -0.1) is 17.9 Å². The van der Waals surface area contributed by atoms with Crippen molar-refractivity contribution in [2.75, 3.05) is 18.6 Å². The highest BCUT2D eigenvalue weighted by Gasteiger charge is 2.33. The van der Waals surface area contributed by atoms with Gasteiger partial charge in [0.1, 0.15) is 5.00 Å². The fourth-order valence-corrected chi connectivity index (χ4v) is 3.14. The number of rotatable bonds is 3. The molecule has 1 aliphatic rings. The molecule has 18 heavy (non-hydrogen) atoms. The molecule has 2 rings (SSSR count). The minimum Gasteiger partial charge on any atom is -0.465 e. The van der Waals surface area contributed by atoms with Crippen molar-refractivity contribution in [3.05, 3.63) is 29.2 Å². The van der Waals surface area contributed by atoms with Gasteiger partial charge in [-0.2, -0.15) is 0 Å². The van der Waals surface area contributed by atoms with Gasteiger partial charge in [-0.05, 0) is 17.9 Å². The van der Waals surface area contributed by atoms with Crippen LogP contribution in [0.5, 0.6) is 0 Å². The molecule has 1 aromatic rings. The summed E-state index contributed by atoms with van der Waals surface area (Å²) in [6, 6.07) is 0. The zero-order valence-electron chi connectivity index (χ0n) is 10.4. The molecule has 0 aliphatic carbocycles. The van der Waals surface area contributed by atoms with Crippen molar-refractivity contribution in [2.24, 2.45) is 5.92 Å². The number of hydrogen-bond donors (Lipinski definition) is 0. The van der Waals surface area contributed by atoms with Gasteiger partial charge in [0.2, 0.25) is 5.91 Å². The quantitative estimate of drug-likeness (QED) is 0.622. The number of nitrogens with zero attached hydrogens (tertiary/aromatic N) is 1. The number of carbonyl (C=O) groups excluding carboxylic acids is 2. The van der Waals surface area contributed by atoms with Crippen molar-refractivity contribution in [3.8, 4) is 0 Å². The second kappa shape index (κ2) is 4.94. The van der Waals surface area contributed by atoms with Crippen LogP contribution in [0.2, 0.25) is 0 Å². The molecule has 4 nitrogen and oxygen atoms in total. The molecule has 0 saturated carbocycles. The van der Waals surface area contributed by atoms with Gasteiger partial charge in [0.05, 0.1) is 12.7 Å². The fraction of sp³-hybridized carbons (Fsp3) is 0.385. The van der Waals surface area contributed by atoms with E-state index in [4.69, 9.17) is 4.74 Å². The van der Waals surface area contributed by atoms with Crippen LogP contribution in [0.3, 0.4) is 0 Å². The molecule has 5 heteroatoms. The molecule has 1 aromatic heterocycles. The van der Waals surface area contributed by atoms with Crippen LogP contribution in [0.25, 0.3) is 0 Å². The SMILES string of the molecule is C=CC1CC(=O)N(c2scc(C)c2C(=O)OC)C1. The number of hydrogen-bond acceptors (Lipinski definition) is 4. The summed E-state index contributed by atoms with van der Waals surface area (Å²) < 4.78 is 4.77. The molecular formula is C13H15NO3S. The molecule has 1 unspecified atom stereocenters. The van der Waals surface area contributed by atoms with Gasteiger partial charge in [0.15, 0.2) is 0 Å². The lowest BCUT2D eigenvalue weighted by Crippen LogP contribution is -2.25. The third-order valence-corrected chi connectivity index (χ3v) is 4.20. The van der Waals surface area contributed by atoms with E-state index in [2.05, 4.69) is 6.58 Å². The van der Waals surface area contributed by atoms with Crippen LogP contribution in [0, 0.1) is 12.8 Å². The summed E-state index contributed by atoms with van der Waals surface area (Å²) >= 11 is 1.40. The minimum atomic E-state index is -0.390. The Kier molecular flexibility index (Phi) is 3.52. The highest BCUT2D eigenvalue weighted by atomic mass is 32.1. The van der Waals surface area contributed by atoms with E-state index in [1.54, 1.807) is 11.0 Å². The summed E-state index contributed by atoms with van der Waals surface area (Å²) in [4.78, 5) is 25.4. The molecule has 0 aromatic carbocycles. The molecule has 1 saturated heterocycles. The predicted octanol–water partition coefficient (Wildman–Crippen LogP) is 2.38. The Labute approximate surface area is 110 Å². The molecule has 2 heterocycles. The maximum Gasteiger partial charge on any atom is 0.341 e. The summed E-state index contributed by atoms with van der Waals surface area (Å²) in [5, 5.41) is 2.56. The van der Waals surface area contributed by atoms with Crippen molar-refractivity contribution in [2.45, 2.75) is 13.3 Å². The van der Waals surface area contributed by atoms with Crippen LogP contribution in [0.15, 0.2) is 18.0 Å². The predicted molar refractivity (Wildman–Crippen MR) is 71.1 cm³/mol. The van der Waals surface area contributed by atoms with E-state index < -0.39 is 5.97 Å². The smallest absolute Gasteiger partial charge is 0.341 e. The number of esters is 1. The molecule has 1 amide bonds. The van der Waals surface area contributed by atoms with Crippen molar-refractivity contribution < 1.29 is 14.3 Å². The van der Waals surface area contributed by atoms with E-state index in [1.807, 2.05) is 12.3 Å². The molecule has 0 bridgehead atoms. The van der Waals surface area contributed by atoms with Gasteiger partial charge in [-0.3, -0.25) is 4.79 Å². The number of amides is 1. The molecule has 1 atom stereocenters. The fourth-order valence-electron chi connectivity index (χ4n) is 2.07. The Morgan fingerprint density at radius 3 is 2.94 bits per heavy atom. The first-order valence-electron chi connectivity index (χ1n) is 5.67. The van der Waals surface area contributed by atoms with Crippen LogP contribution in [0.4, 0.5) is 5.00 Å². The molecule has 96 valence electrons. The maximum absolute atomic E-state index is 11.9. The molecule has 1 aliphatic heterocycles. The average Bonchev–Trinajstić information content (AvgIpc) is 2.91. The standard InChI is InChI=1S/C13H15NO3S/c1-4-9-5-10(15)14(6-9)12-11(13(16)17-3)8(2)7-18-12/h4,7,9H,1,5-6H2,2-3H3. The van der Waals surface area contributed by atoms with Crippen molar-refractivity contribution in [1.82, 2.24) is 0 Å². The maximum atomic E-state index is 11.9. The lowest BCUT2D eigenvalue weighted by atomic mass is 10.1. The van der Waals surface area contributed by atoms with Gasteiger partial charge in [0.25, 0.3) is 0 Å². The van der Waals surface area contributed by atoms with Gasteiger partial charge in [0, 0.05) is 18.9 Å². The average molecular weight is 265 g/mol. The zero-order valence-corrected chi connectivity index (χ0v) is 11.3. The molecule has 0 spiro atoms. The Balaban J connectivity index is 2.37. The number of methoxy groups -OCH3 is 1. The van der Waals surface area contributed by atoms with Gasteiger partial charge < -0.3 is 9.64 Å². The number of thiophene rings is 1. The summed E-state index contributed by atoms with van der Waals surface area (Å²) in [5.41, 5.74) is 1.34. The van der Waals surface area contributed by atoms with Gasteiger partial charge >= 0.3 is 5.97 Å². The third kappa shape index (κ3) is 2.06.